The van der Waals surface area contributed by atoms with Crippen molar-refractivity contribution in [2.75, 3.05) is 0 Å². The fourth-order valence-corrected chi connectivity index (χ4v) is 3.17. The molecule has 1 aliphatic rings. The first-order valence-electron chi connectivity index (χ1n) is 7.05. The van der Waals surface area contributed by atoms with Crippen molar-refractivity contribution in [3.63, 3.8) is 0 Å². The van der Waals surface area contributed by atoms with Crippen LogP contribution in [0.25, 0.3) is 10.8 Å². The Labute approximate surface area is 171 Å². The summed E-state index contributed by atoms with van der Waals surface area (Å²) in [6.07, 6.45) is 3.79. The van der Waals surface area contributed by atoms with E-state index in [1.165, 1.54) is 6.07 Å². The number of hydrogen-bond donors (Lipinski definition) is 0. The van der Waals surface area contributed by atoms with Gasteiger partial charge in [-0.05, 0) is 30.2 Å². The van der Waals surface area contributed by atoms with Gasteiger partial charge in [0, 0.05) is 5.82 Å². The fraction of sp³-hybridized carbons (Fsp3) is 0.412. The van der Waals surface area contributed by atoms with E-state index in [0.29, 0.717) is 16.9 Å². The van der Waals surface area contributed by atoms with Crippen LogP contribution < -0.4 is 58.2 Å². The summed E-state index contributed by atoms with van der Waals surface area (Å²) in [5, 5.41) is 0.117. The second kappa shape index (κ2) is 7.24. The average Bonchev–Trinajstić information content (AvgIpc) is 2.44. The second-order valence-corrected chi connectivity index (χ2v) is 5.81. The topological polar surface area (TPSA) is 0 Å². The van der Waals surface area contributed by atoms with Crippen LogP contribution in [0.1, 0.15) is 44.1 Å². The van der Waals surface area contributed by atoms with Gasteiger partial charge < -0.3 is 0 Å². The second-order valence-electron chi connectivity index (χ2n) is 5.81. The van der Waals surface area contributed by atoms with E-state index in [2.05, 4.69) is 13.0 Å². The largest absolute Gasteiger partial charge is 1.00 e. The molecule has 1 fully saturated rings. The molecular formula is C17H16F3Rb. The van der Waals surface area contributed by atoms with Gasteiger partial charge in [-0.15, -0.1) is 11.5 Å². The summed E-state index contributed by atoms with van der Waals surface area (Å²) >= 11 is 0. The Balaban J connectivity index is 0.00000161. The summed E-state index contributed by atoms with van der Waals surface area (Å²) in [7, 11) is 0. The van der Waals surface area contributed by atoms with Crippen LogP contribution in [0.3, 0.4) is 0 Å². The van der Waals surface area contributed by atoms with Gasteiger partial charge in [0.2, 0.25) is 0 Å². The molecule has 2 aromatic carbocycles. The number of rotatable bonds is 1. The number of hydrogen-bond acceptors (Lipinski definition) is 0. The summed E-state index contributed by atoms with van der Waals surface area (Å²) in [5.74, 6) is -2.12. The minimum absolute atomic E-state index is 0. The molecule has 0 heterocycles. The predicted molar refractivity (Wildman–Crippen MR) is 73.0 cm³/mol. The van der Waals surface area contributed by atoms with Crippen molar-refractivity contribution in [3.05, 3.63) is 47.3 Å². The Morgan fingerprint density at radius 1 is 1.05 bits per heavy atom. The molecule has 3 rings (SSSR count). The van der Waals surface area contributed by atoms with E-state index < -0.39 is 17.5 Å². The Morgan fingerprint density at radius 2 is 1.71 bits per heavy atom. The first-order chi connectivity index (χ1) is 9.58. The molecular weight excluding hydrogens is 347 g/mol. The molecule has 0 radical (unpaired) electrons. The third-order valence-electron chi connectivity index (χ3n) is 4.41. The van der Waals surface area contributed by atoms with E-state index in [4.69, 9.17) is 0 Å². The van der Waals surface area contributed by atoms with Crippen LogP contribution in [-0.4, -0.2) is 0 Å². The zero-order chi connectivity index (χ0) is 14.3. The Morgan fingerprint density at radius 3 is 2.38 bits per heavy atom. The molecule has 0 aliphatic heterocycles. The molecule has 0 aromatic heterocycles. The standard InChI is InChI=1S/C17H16F3.Rb/c1-10-5-7-11(8-6-10)13-9-12-3-2-4-14(18)15(12)17(20)16(13)19;/h2-3,9-11H,5-8H2,1H3;/q-1;+1. The van der Waals surface area contributed by atoms with Gasteiger partial charge in [0.25, 0.3) is 0 Å². The summed E-state index contributed by atoms with van der Waals surface area (Å²) < 4.78 is 41.9. The minimum Gasteiger partial charge on any atom is -0.235 e. The smallest absolute Gasteiger partial charge is 0.235 e. The summed E-state index contributed by atoms with van der Waals surface area (Å²) in [6, 6.07) is 6.86. The van der Waals surface area contributed by atoms with E-state index >= 15 is 0 Å². The van der Waals surface area contributed by atoms with Gasteiger partial charge in [0.1, 0.15) is 11.6 Å². The van der Waals surface area contributed by atoms with E-state index in [0.717, 1.165) is 25.7 Å². The maximum absolute atomic E-state index is 14.2. The molecule has 106 valence electrons. The maximum Gasteiger partial charge on any atom is 1.00 e. The summed E-state index contributed by atoms with van der Waals surface area (Å²) in [4.78, 5) is 0. The maximum atomic E-state index is 14.2. The molecule has 4 heteroatoms. The van der Waals surface area contributed by atoms with Crippen molar-refractivity contribution in [2.24, 2.45) is 5.92 Å². The first kappa shape index (κ1) is 17.6. The third-order valence-corrected chi connectivity index (χ3v) is 4.41. The van der Waals surface area contributed by atoms with Crippen LogP contribution in [0.5, 0.6) is 0 Å². The number of benzene rings is 2. The van der Waals surface area contributed by atoms with Crippen LogP contribution in [0.4, 0.5) is 13.2 Å². The van der Waals surface area contributed by atoms with Gasteiger partial charge in [-0.1, -0.05) is 31.2 Å². The molecule has 21 heavy (non-hydrogen) atoms. The molecule has 0 N–H and O–H groups in total. The first-order valence-corrected chi connectivity index (χ1v) is 7.05. The van der Waals surface area contributed by atoms with Crippen molar-refractivity contribution in [1.29, 1.82) is 0 Å². The quantitative estimate of drug-likeness (QED) is 0.683. The van der Waals surface area contributed by atoms with Crippen LogP contribution in [0, 0.1) is 29.4 Å². The molecule has 0 nitrogen and oxygen atoms in total. The Kier molecular flexibility index (Phi) is 6.09. The average molecular weight is 363 g/mol. The van der Waals surface area contributed by atoms with E-state index in [9.17, 15) is 13.2 Å². The molecule has 0 saturated heterocycles. The fourth-order valence-electron chi connectivity index (χ4n) is 3.17. The molecule has 1 aliphatic carbocycles. The molecule has 2 aromatic rings. The minimum atomic E-state index is -1.08. The third kappa shape index (κ3) is 3.46. The van der Waals surface area contributed by atoms with Crippen molar-refractivity contribution >= 4 is 10.8 Å². The van der Waals surface area contributed by atoms with Crippen LogP contribution in [0.2, 0.25) is 0 Å². The summed E-state index contributed by atoms with van der Waals surface area (Å²) in [6.45, 7) is 2.18. The number of halogens is 3. The Bertz CT molecular complexity index is 646. The molecule has 0 bridgehead atoms. The van der Waals surface area contributed by atoms with Gasteiger partial charge in [-0.2, -0.15) is 12.1 Å². The van der Waals surface area contributed by atoms with Crippen LogP contribution >= 0.6 is 0 Å². The monoisotopic (exact) mass is 362 g/mol. The van der Waals surface area contributed by atoms with Crippen molar-refractivity contribution in [3.8, 4) is 0 Å². The van der Waals surface area contributed by atoms with E-state index in [-0.39, 0.29) is 69.5 Å². The van der Waals surface area contributed by atoms with Crippen LogP contribution in [-0.2, 0) is 0 Å². The molecule has 0 spiro atoms. The number of fused-ring (bicyclic) bond motifs is 1. The SMILES string of the molecule is CC1CCC(c2cc3cc[c-]c(F)c3c(F)c2F)CC1.[Rb+]. The molecule has 0 amide bonds. The van der Waals surface area contributed by atoms with Gasteiger partial charge >= 0.3 is 58.2 Å². The molecule has 0 unspecified atom stereocenters. The predicted octanol–water partition coefficient (Wildman–Crippen LogP) is 2.35. The molecule has 0 atom stereocenters. The van der Waals surface area contributed by atoms with Crippen LogP contribution in [0.15, 0.2) is 18.2 Å². The van der Waals surface area contributed by atoms with Crippen molar-refractivity contribution < 1.29 is 71.4 Å². The van der Waals surface area contributed by atoms with E-state index in [1.54, 1.807) is 12.1 Å². The van der Waals surface area contributed by atoms with Crippen molar-refractivity contribution in [2.45, 2.75) is 38.5 Å². The normalized spacial score (nSPS) is 22.1. The zero-order valence-electron chi connectivity index (χ0n) is 12.3. The van der Waals surface area contributed by atoms with E-state index in [1.807, 2.05) is 0 Å². The summed E-state index contributed by atoms with van der Waals surface area (Å²) in [5.41, 5.74) is 0.396. The zero-order valence-corrected chi connectivity index (χ0v) is 17.3. The Hall–Kier alpha value is 0.295. The molecule has 1 saturated carbocycles. The van der Waals surface area contributed by atoms with Gasteiger partial charge in [-0.3, -0.25) is 0 Å². The van der Waals surface area contributed by atoms with Crippen molar-refractivity contribution in [1.82, 2.24) is 0 Å². The van der Waals surface area contributed by atoms with Gasteiger partial charge in [0.05, 0.1) is 0 Å². The van der Waals surface area contributed by atoms with Gasteiger partial charge in [0.15, 0.2) is 0 Å². The van der Waals surface area contributed by atoms with Gasteiger partial charge in [-0.25, -0.2) is 13.2 Å².